The highest BCUT2D eigenvalue weighted by Crippen LogP contribution is 2.32. The largest absolute Gasteiger partial charge is 0.463 e. The number of nitrogens with zero attached hydrogens (tertiary/aromatic N) is 3. The fourth-order valence-electron chi connectivity index (χ4n) is 4.80. The predicted molar refractivity (Wildman–Crippen MR) is 124 cm³/mol. The smallest absolute Gasteiger partial charge is 0.338 e. The quantitative estimate of drug-likeness (QED) is 0.641. The SMILES string of the molecule is CCOC(=O)C1=C(CN2CCN(C(=O)C3CCC3)CC2)N(CC)C(=O)NC1c1ccccc1. The van der Waals surface area contributed by atoms with E-state index >= 15 is 0 Å². The first-order valence-corrected chi connectivity index (χ1v) is 12.1. The second-order valence-electron chi connectivity index (χ2n) is 8.85. The molecule has 1 unspecified atom stereocenters. The molecule has 0 spiro atoms. The van der Waals surface area contributed by atoms with Gasteiger partial charge in [-0.1, -0.05) is 36.8 Å². The zero-order valence-electron chi connectivity index (χ0n) is 19.6. The molecule has 8 heteroatoms. The molecule has 1 aliphatic carbocycles. The summed E-state index contributed by atoms with van der Waals surface area (Å²) in [5, 5.41) is 2.99. The number of ether oxygens (including phenoxy) is 1. The number of benzene rings is 1. The standard InChI is InChI=1S/C25H34N4O4/c1-3-29-20(17-27-13-15-28(16-14-27)23(30)19-11-8-12-19)21(24(31)33-4-2)22(26-25(29)32)18-9-6-5-7-10-18/h5-7,9-10,19,22H,3-4,8,11-17H2,1-2H3,(H,26,32). The van der Waals surface area contributed by atoms with Gasteiger partial charge in [0.25, 0.3) is 0 Å². The molecule has 4 rings (SSSR count). The second kappa shape index (κ2) is 10.4. The summed E-state index contributed by atoms with van der Waals surface area (Å²) in [6.45, 7) is 7.65. The Labute approximate surface area is 195 Å². The van der Waals surface area contributed by atoms with Crippen molar-refractivity contribution >= 4 is 17.9 Å². The highest BCUT2D eigenvalue weighted by atomic mass is 16.5. The van der Waals surface area contributed by atoms with Crippen LogP contribution in [0.5, 0.6) is 0 Å². The van der Waals surface area contributed by atoms with E-state index in [9.17, 15) is 14.4 Å². The topological polar surface area (TPSA) is 82.2 Å². The van der Waals surface area contributed by atoms with E-state index in [1.807, 2.05) is 42.2 Å². The molecule has 178 valence electrons. The van der Waals surface area contributed by atoms with E-state index in [-0.39, 0.29) is 24.5 Å². The number of carbonyl (C=O) groups excluding carboxylic acids is 3. The van der Waals surface area contributed by atoms with E-state index in [1.165, 1.54) is 0 Å². The molecule has 0 bridgehead atoms. The van der Waals surface area contributed by atoms with Crippen molar-refractivity contribution in [2.45, 2.75) is 39.2 Å². The van der Waals surface area contributed by atoms with Crippen molar-refractivity contribution in [1.82, 2.24) is 20.0 Å². The summed E-state index contributed by atoms with van der Waals surface area (Å²) in [6.07, 6.45) is 3.17. The lowest BCUT2D eigenvalue weighted by molar-refractivity contribution is -0.140. The first-order chi connectivity index (χ1) is 16.0. The minimum Gasteiger partial charge on any atom is -0.463 e. The van der Waals surface area contributed by atoms with E-state index in [4.69, 9.17) is 4.74 Å². The van der Waals surface area contributed by atoms with Crippen molar-refractivity contribution in [2.24, 2.45) is 5.92 Å². The summed E-state index contributed by atoms with van der Waals surface area (Å²) in [7, 11) is 0. The molecule has 2 aliphatic heterocycles. The van der Waals surface area contributed by atoms with Crippen molar-refractivity contribution in [1.29, 1.82) is 0 Å². The molecule has 33 heavy (non-hydrogen) atoms. The number of hydrogen-bond donors (Lipinski definition) is 1. The summed E-state index contributed by atoms with van der Waals surface area (Å²) in [6, 6.07) is 8.75. The average molecular weight is 455 g/mol. The van der Waals surface area contributed by atoms with Gasteiger partial charge in [0.15, 0.2) is 0 Å². The number of rotatable bonds is 7. The van der Waals surface area contributed by atoms with E-state index in [2.05, 4.69) is 10.2 Å². The van der Waals surface area contributed by atoms with Gasteiger partial charge in [-0.25, -0.2) is 9.59 Å². The summed E-state index contributed by atoms with van der Waals surface area (Å²) in [5.74, 6) is 0.0845. The van der Waals surface area contributed by atoms with Crippen LogP contribution >= 0.6 is 0 Å². The molecule has 0 aromatic heterocycles. The molecular formula is C25H34N4O4. The normalized spacial score (nSPS) is 22.1. The van der Waals surface area contributed by atoms with Crippen LogP contribution in [0.1, 0.15) is 44.7 Å². The second-order valence-corrected chi connectivity index (χ2v) is 8.85. The third kappa shape index (κ3) is 4.90. The number of urea groups is 1. The minimum atomic E-state index is -0.558. The number of carbonyl (C=O) groups is 3. The van der Waals surface area contributed by atoms with Crippen LogP contribution < -0.4 is 5.32 Å². The molecule has 2 heterocycles. The van der Waals surface area contributed by atoms with Crippen molar-refractivity contribution in [3.05, 3.63) is 47.2 Å². The van der Waals surface area contributed by atoms with Gasteiger partial charge in [0.1, 0.15) is 0 Å². The number of esters is 1. The number of amides is 3. The van der Waals surface area contributed by atoms with Crippen LogP contribution in [0, 0.1) is 5.92 Å². The number of likely N-dealkylation sites (N-methyl/N-ethyl adjacent to an activating group) is 1. The van der Waals surface area contributed by atoms with Crippen LogP contribution in [0.2, 0.25) is 0 Å². The Morgan fingerprint density at radius 3 is 2.33 bits per heavy atom. The number of piperazine rings is 1. The third-order valence-corrected chi connectivity index (χ3v) is 6.89. The van der Waals surface area contributed by atoms with Crippen LogP contribution in [0.25, 0.3) is 0 Å². The summed E-state index contributed by atoms with van der Waals surface area (Å²) < 4.78 is 5.43. The Morgan fingerprint density at radius 2 is 1.76 bits per heavy atom. The van der Waals surface area contributed by atoms with E-state index in [0.717, 1.165) is 24.8 Å². The zero-order chi connectivity index (χ0) is 23.4. The third-order valence-electron chi connectivity index (χ3n) is 6.89. The van der Waals surface area contributed by atoms with E-state index in [1.54, 1.807) is 11.8 Å². The molecule has 1 atom stereocenters. The fourth-order valence-corrected chi connectivity index (χ4v) is 4.80. The van der Waals surface area contributed by atoms with Crippen molar-refractivity contribution < 1.29 is 19.1 Å². The van der Waals surface area contributed by atoms with Crippen LogP contribution in [-0.4, -0.2) is 78.5 Å². The molecule has 8 nitrogen and oxygen atoms in total. The van der Waals surface area contributed by atoms with Crippen molar-refractivity contribution in [3.8, 4) is 0 Å². The molecule has 1 saturated carbocycles. The molecule has 2 fully saturated rings. The van der Waals surface area contributed by atoms with Gasteiger partial charge in [-0.05, 0) is 32.3 Å². The highest BCUT2D eigenvalue weighted by Gasteiger charge is 2.39. The lowest BCUT2D eigenvalue weighted by atomic mass is 9.84. The van der Waals surface area contributed by atoms with Crippen molar-refractivity contribution in [3.63, 3.8) is 0 Å². The van der Waals surface area contributed by atoms with Gasteiger partial charge in [0.2, 0.25) is 5.91 Å². The summed E-state index contributed by atoms with van der Waals surface area (Å²) >= 11 is 0. The van der Waals surface area contributed by atoms with E-state index < -0.39 is 12.0 Å². The lowest BCUT2D eigenvalue weighted by Gasteiger charge is -2.41. The first-order valence-electron chi connectivity index (χ1n) is 12.1. The molecule has 3 aliphatic rings. The summed E-state index contributed by atoms with van der Waals surface area (Å²) in [5.41, 5.74) is 2.02. The fraction of sp³-hybridized carbons (Fsp3) is 0.560. The maximum absolute atomic E-state index is 13.1. The molecule has 1 aromatic carbocycles. The molecule has 1 aromatic rings. The highest BCUT2D eigenvalue weighted by molar-refractivity contribution is 5.95. The molecule has 1 N–H and O–H groups in total. The van der Waals surface area contributed by atoms with Gasteiger partial charge in [0, 0.05) is 50.9 Å². The molecular weight excluding hydrogens is 420 g/mol. The predicted octanol–water partition coefficient (Wildman–Crippen LogP) is 2.53. The Balaban J connectivity index is 1.59. The molecule has 1 saturated heterocycles. The zero-order valence-corrected chi connectivity index (χ0v) is 19.6. The van der Waals surface area contributed by atoms with Crippen LogP contribution in [0.4, 0.5) is 4.79 Å². The van der Waals surface area contributed by atoms with Gasteiger partial charge in [-0.15, -0.1) is 0 Å². The Hall–Kier alpha value is -2.87. The van der Waals surface area contributed by atoms with Gasteiger partial charge < -0.3 is 15.0 Å². The molecule has 0 radical (unpaired) electrons. The van der Waals surface area contributed by atoms with Gasteiger partial charge >= 0.3 is 12.0 Å². The Morgan fingerprint density at radius 1 is 1.06 bits per heavy atom. The monoisotopic (exact) mass is 454 g/mol. The van der Waals surface area contributed by atoms with Gasteiger partial charge in [-0.2, -0.15) is 0 Å². The van der Waals surface area contributed by atoms with E-state index in [0.29, 0.717) is 50.5 Å². The molecule has 3 amide bonds. The van der Waals surface area contributed by atoms with Crippen LogP contribution in [-0.2, 0) is 14.3 Å². The van der Waals surface area contributed by atoms with Gasteiger partial charge in [0.05, 0.1) is 18.2 Å². The Bertz CT molecular complexity index is 904. The van der Waals surface area contributed by atoms with Crippen molar-refractivity contribution in [2.75, 3.05) is 45.9 Å². The minimum absolute atomic E-state index is 0.207. The van der Waals surface area contributed by atoms with Crippen LogP contribution in [0.3, 0.4) is 0 Å². The maximum Gasteiger partial charge on any atom is 0.338 e. The lowest BCUT2D eigenvalue weighted by Crippen LogP contribution is -2.54. The maximum atomic E-state index is 13.1. The van der Waals surface area contributed by atoms with Gasteiger partial charge in [-0.3, -0.25) is 14.6 Å². The Kier molecular flexibility index (Phi) is 7.33. The first kappa shape index (κ1) is 23.3. The van der Waals surface area contributed by atoms with Crippen LogP contribution in [0.15, 0.2) is 41.6 Å². The average Bonchev–Trinajstić information content (AvgIpc) is 2.79. The number of hydrogen-bond acceptors (Lipinski definition) is 5. The number of nitrogens with one attached hydrogen (secondary N) is 1. The summed E-state index contributed by atoms with van der Waals surface area (Å²) in [4.78, 5) is 44.6.